The average molecular weight is 591 g/mol. The van der Waals surface area contributed by atoms with E-state index in [-0.39, 0.29) is 44.7 Å². The summed E-state index contributed by atoms with van der Waals surface area (Å²) in [6.07, 6.45) is -3.72. The van der Waals surface area contributed by atoms with E-state index in [1.165, 1.54) is 49.4 Å². The number of carbonyl (C=O) groups is 3. The highest BCUT2D eigenvalue weighted by atomic mass is 35.5. The molecule has 0 saturated heterocycles. The zero-order chi connectivity index (χ0) is 28.4. The smallest absolute Gasteiger partial charge is 0.417 e. The minimum Gasteiger partial charge on any atom is -0.457 e. The number of sulfone groups is 1. The van der Waals surface area contributed by atoms with E-state index in [0.717, 1.165) is 16.9 Å². The van der Waals surface area contributed by atoms with Gasteiger partial charge in [0, 0.05) is 17.5 Å². The van der Waals surface area contributed by atoms with Gasteiger partial charge in [0.25, 0.3) is 5.91 Å². The van der Waals surface area contributed by atoms with Crippen LogP contribution in [0.5, 0.6) is 0 Å². The number of hydrogen-bond acceptors (Lipinski definition) is 6. The number of esters is 1. The lowest BCUT2D eigenvalue weighted by Crippen LogP contribution is -2.17. The Hall–Kier alpha value is -3.35. The third-order valence-electron chi connectivity index (χ3n) is 5.41. The minimum absolute atomic E-state index is 0.0203. The Kier molecular flexibility index (Phi) is 8.59. The van der Waals surface area contributed by atoms with E-state index < -0.39 is 45.3 Å². The number of hydrogen-bond donors (Lipinski definition) is 1. The predicted molar refractivity (Wildman–Crippen MR) is 134 cm³/mol. The molecule has 0 atom stereocenters. The third-order valence-corrected chi connectivity index (χ3v) is 7.08. The van der Waals surface area contributed by atoms with E-state index in [9.17, 15) is 36.0 Å². The predicted octanol–water partition coefficient (Wildman–Crippen LogP) is 5.10. The molecule has 1 N–H and O–H groups in total. The lowest BCUT2D eigenvalue weighted by Gasteiger charge is -2.16. The first kappa shape index (κ1) is 29.2. The van der Waals surface area contributed by atoms with Crippen LogP contribution in [0.1, 0.15) is 21.5 Å². The molecule has 1 amide bonds. The number of carbonyl (C=O) groups excluding carboxylic acids is 3. The van der Waals surface area contributed by atoms with Gasteiger partial charge in [-0.05, 0) is 54.4 Å². The highest BCUT2D eigenvalue weighted by molar-refractivity contribution is 7.90. The van der Waals surface area contributed by atoms with Crippen LogP contribution in [0.2, 0.25) is 5.15 Å². The molecule has 8 nitrogen and oxygen atoms in total. The van der Waals surface area contributed by atoms with Crippen LogP contribution in [-0.2, 0) is 36.9 Å². The summed E-state index contributed by atoms with van der Waals surface area (Å²) in [5.74, 6) is -2.14. The Bertz CT molecular complexity index is 1520. The molecular formula is C24H19Cl2F3N2O6S. The molecule has 0 fully saturated rings. The third kappa shape index (κ3) is 6.37. The number of amides is 1. The van der Waals surface area contributed by atoms with Crippen LogP contribution >= 0.6 is 23.2 Å². The summed E-state index contributed by atoms with van der Waals surface area (Å²) < 4.78 is 70.7. The Morgan fingerprint density at radius 3 is 2.21 bits per heavy atom. The Morgan fingerprint density at radius 2 is 1.66 bits per heavy atom. The van der Waals surface area contributed by atoms with E-state index in [0.29, 0.717) is 0 Å². The normalized spacial score (nSPS) is 11.8. The summed E-state index contributed by atoms with van der Waals surface area (Å²) in [5.41, 5.74) is -1.20. The first-order valence-electron chi connectivity index (χ1n) is 10.7. The monoisotopic (exact) mass is 590 g/mol. The molecule has 0 aliphatic heterocycles. The first-order valence-corrected chi connectivity index (χ1v) is 13.3. The van der Waals surface area contributed by atoms with Crippen LogP contribution in [0.15, 0.2) is 53.4 Å². The number of alkyl halides is 3. The fourth-order valence-corrected chi connectivity index (χ4v) is 4.81. The lowest BCUT2D eigenvalue weighted by atomic mass is 10.00. The molecule has 2 aromatic carbocycles. The second-order valence-electron chi connectivity index (χ2n) is 7.99. The second-order valence-corrected chi connectivity index (χ2v) is 10.7. The summed E-state index contributed by atoms with van der Waals surface area (Å²) in [6, 6.07) is 9.91. The zero-order valence-electron chi connectivity index (χ0n) is 19.7. The SMILES string of the molecule is Cc1c(C(=O)Nc2ccc(S(C)(=O)=O)cc2)c(Cl)n(CCOC(=O)C(=O)Cl)c1-c1ccccc1C(F)(F)F. The summed E-state index contributed by atoms with van der Waals surface area (Å²) in [4.78, 5) is 35.6. The van der Waals surface area contributed by atoms with Crippen molar-refractivity contribution in [1.29, 1.82) is 0 Å². The summed E-state index contributed by atoms with van der Waals surface area (Å²) in [7, 11) is -3.48. The van der Waals surface area contributed by atoms with E-state index >= 15 is 0 Å². The molecule has 14 heteroatoms. The van der Waals surface area contributed by atoms with Crippen LogP contribution in [-0.4, -0.2) is 43.0 Å². The molecule has 0 radical (unpaired) electrons. The molecule has 0 unspecified atom stereocenters. The van der Waals surface area contributed by atoms with Crippen molar-refractivity contribution in [2.45, 2.75) is 24.5 Å². The molecule has 1 aromatic heterocycles. The van der Waals surface area contributed by atoms with Gasteiger partial charge >= 0.3 is 17.4 Å². The Labute approximate surface area is 225 Å². The molecule has 0 spiro atoms. The summed E-state index contributed by atoms with van der Waals surface area (Å²) >= 11 is 11.5. The van der Waals surface area contributed by atoms with E-state index in [1.54, 1.807) is 0 Å². The topological polar surface area (TPSA) is 112 Å². The van der Waals surface area contributed by atoms with Crippen LogP contribution in [0, 0.1) is 6.92 Å². The molecule has 38 heavy (non-hydrogen) atoms. The largest absolute Gasteiger partial charge is 0.457 e. The van der Waals surface area contributed by atoms with Crippen molar-refractivity contribution in [2.75, 3.05) is 18.2 Å². The first-order chi connectivity index (χ1) is 17.6. The van der Waals surface area contributed by atoms with Gasteiger partial charge in [-0.1, -0.05) is 29.8 Å². The van der Waals surface area contributed by atoms with E-state index in [4.69, 9.17) is 27.9 Å². The number of nitrogens with one attached hydrogen (secondary N) is 1. The van der Waals surface area contributed by atoms with Crippen molar-refractivity contribution < 1.29 is 40.7 Å². The molecule has 1 heterocycles. The number of anilines is 1. The van der Waals surface area contributed by atoms with Gasteiger partial charge in [-0.25, -0.2) is 13.2 Å². The number of ether oxygens (including phenoxy) is 1. The minimum atomic E-state index is -4.74. The zero-order valence-corrected chi connectivity index (χ0v) is 22.1. The Balaban J connectivity index is 2.09. The summed E-state index contributed by atoms with van der Waals surface area (Å²) in [6.45, 7) is 0.606. The number of rotatable bonds is 8. The fourth-order valence-electron chi connectivity index (χ4n) is 3.73. The highest BCUT2D eigenvalue weighted by Gasteiger charge is 2.36. The van der Waals surface area contributed by atoms with Crippen molar-refractivity contribution in [3.05, 3.63) is 70.4 Å². The molecule has 0 aliphatic rings. The quantitative estimate of drug-likeness (QED) is 0.222. The number of nitrogens with zero attached hydrogens (tertiary/aromatic N) is 1. The van der Waals surface area contributed by atoms with Gasteiger partial charge in [-0.2, -0.15) is 13.2 Å². The van der Waals surface area contributed by atoms with Gasteiger partial charge in [-0.3, -0.25) is 9.59 Å². The van der Waals surface area contributed by atoms with Gasteiger partial charge in [0.15, 0.2) is 9.84 Å². The van der Waals surface area contributed by atoms with Gasteiger partial charge < -0.3 is 14.6 Å². The highest BCUT2D eigenvalue weighted by Crippen LogP contribution is 2.41. The average Bonchev–Trinajstić information content (AvgIpc) is 3.07. The maximum Gasteiger partial charge on any atom is 0.417 e. The molecule has 0 bridgehead atoms. The van der Waals surface area contributed by atoms with Crippen LogP contribution in [0.3, 0.4) is 0 Å². The van der Waals surface area contributed by atoms with Crippen molar-refractivity contribution >= 4 is 55.8 Å². The van der Waals surface area contributed by atoms with Gasteiger partial charge in [0.2, 0.25) is 0 Å². The van der Waals surface area contributed by atoms with Gasteiger partial charge in [-0.15, -0.1) is 0 Å². The molecule has 0 saturated carbocycles. The van der Waals surface area contributed by atoms with Crippen molar-refractivity contribution in [2.24, 2.45) is 0 Å². The molecule has 202 valence electrons. The number of aromatic nitrogens is 1. The molecular weight excluding hydrogens is 572 g/mol. The fraction of sp³-hybridized carbons (Fsp3) is 0.208. The number of benzene rings is 2. The molecule has 3 aromatic rings. The summed E-state index contributed by atoms with van der Waals surface area (Å²) in [5, 5.41) is 0.902. The number of halogens is 5. The van der Waals surface area contributed by atoms with Crippen molar-refractivity contribution in [1.82, 2.24) is 4.57 Å². The standard InChI is InChI=1S/C24H19Cl2F3N2O6S/c1-13-18(22(33)30-14-7-9-15(10-8-14)38(2,35)36)20(25)31(11-12-37-23(34)21(26)32)19(13)16-5-3-4-6-17(16)24(27,28)29/h3-10H,11-12H2,1-2H3,(H,30,33). The Morgan fingerprint density at radius 1 is 1.05 bits per heavy atom. The van der Waals surface area contributed by atoms with Crippen molar-refractivity contribution in [3.63, 3.8) is 0 Å². The van der Waals surface area contributed by atoms with E-state index in [1.807, 2.05) is 0 Å². The maximum absolute atomic E-state index is 13.8. The van der Waals surface area contributed by atoms with Gasteiger partial charge in [0.1, 0.15) is 11.8 Å². The van der Waals surface area contributed by atoms with Crippen LogP contribution < -0.4 is 5.32 Å². The van der Waals surface area contributed by atoms with E-state index in [2.05, 4.69) is 5.32 Å². The van der Waals surface area contributed by atoms with Crippen LogP contribution in [0.25, 0.3) is 11.3 Å². The maximum atomic E-state index is 13.8. The second kappa shape index (κ2) is 11.2. The van der Waals surface area contributed by atoms with Crippen molar-refractivity contribution in [3.8, 4) is 11.3 Å². The molecule has 3 rings (SSSR count). The molecule has 0 aliphatic carbocycles. The lowest BCUT2D eigenvalue weighted by molar-refractivity contribution is -0.150. The van der Waals surface area contributed by atoms with Crippen LogP contribution in [0.4, 0.5) is 18.9 Å². The van der Waals surface area contributed by atoms with Gasteiger partial charge in [0.05, 0.1) is 28.3 Å².